The summed E-state index contributed by atoms with van der Waals surface area (Å²) in [6, 6.07) is 8.92. The molecule has 7 heteroatoms. The molecule has 0 aliphatic heterocycles. The molecule has 0 aliphatic rings. The lowest BCUT2D eigenvalue weighted by Crippen LogP contribution is -2.45. The fraction of sp³-hybridized carbons (Fsp3) is 0.357. The summed E-state index contributed by atoms with van der Waals surface area (Å²) in [5.74, 6) is -2.15. The zero-order valence-electron chi connectivity index (χ0n) is 11.5. The highest BCUT2D eigenvalue weighted by molar-refractivity contribution is 5.88. The van der Waals surface area contributed by atoms with Crippen molar-refractivity contribution in [1.29, 1.82) is 0 Å². The maximum absolute atomic E-state index is 11.7. The maximum Gasteiger partial charge on any atom is 0.322 e. The van der Waals surface area contributed by atoms with Crippen molar-refractivity contribution < 1.29 is 19.5 Å². The number of carbonyl (C=O) groups excluding carboxylic acids is 2. The average molecular weight is 293 g/mol. The van der Waals surface area contributed by atoms with Crippen molar-refractivity contribution in [2.24, 2.45) is 5.73 Å². The molecule has 1 aromatic rings. The minimum atomic E-state index is -1.14. The van der Waals surface area contributed by atoms with Gasteiger partial charge in [-0.1, -0.05) is 30.3 Å². The Hall–Kier alpha value is -2.41. The minimum Gasteiger partial charge on any atom is -0.480 e. The summed E-state index contributed by atoms with van der Waals surface area (Å²) in [5.41, 5.74) is 6.82. The Kier molecular flexibility index (Phi) is 6.90. The number of hydrogen-bond acceptors (Lipinski definition) is 4. The molecule has 1 unspecified atom stereocenters. The van der Waals surface area contributed by atoms with Crippen molar-refractivity contribution in [1.82, 2.24) is 10.6 Å². The van der Waals surface area contributed by atoms with E-state index >= 15 is 0 Å². The summed E-state index contributed by atoms with van der Waals surface area (Å²) in [6.45, 7) is -0.764. The van der Waals surface area contributed by atoms with Crippen LogP contribution in [0.4, 0.5) is 0 Å². The molecule has 0 saturated carbocycles. The van der Waals surface area contributed by atoms with Crippen molar-refractivity contribution in [3.05, 3.63) is 35.9 Å². The monoisotopic (exact) mass is 293 g/mol. The molecule has 5 N–H and O–H groups in total. The van der Waals surface area contributed by atoms with E-state index in [-0.39, 0.29) is 6.54 Å². The molecule has 1 rings (SSSR count). The van der Waals surface area contributed by atoms with Crippen LogP contribution in [-0.4, -0.2) is 42.0 Å². The van der Waals surface area contributed by atoms with E-state index in [4.69, 9.17) is 10.8 Å². The summed E-state index contributed by atoms with van der Waals surface area (Å²) < 4.78 is 0. The predicted octanol–water partition coefficient (Wildman–Crippen LogP) is -0.736. The number of rotatable bonds is 8. The first-order chi connectivity index (χ1) is 9.99. The molecular weight excluding hydrogens is 274 g/mol. The first-order valence-electron chi connectivity index (χ1n) is 6.54. The van der Waals surface area contributed by atoms with Crippen LogP contribution in [0.2, 0.25) is 0 Å². The summed E-state index contributed by atoms with van der Waals surface area (Å²) in [4.78, 5) is 33.1. The van der Waals surface area contributed by atoms with Crippen LogP contribution in [0.5, 0.6) is 0 Å². The molecular formula is C14H19N3O4. The van der Waals surface area contributed by atoms with E-state index in [1.165, 1.54) is 0 Å². The Labute approximate surface area is 122 Å². The first kappa shape index (κ1) is 16.6. The Morgan fingerprint density at radius 2 is 1.76 bits per heavy atom. The van der Waals surface area contributed by atoms with Gasteiger partial charge in [0, 0.05) is 0 Å². The quantitative estimate of drug-likeness (QED) is 0.503. The van der Waals surface area contributed by atoms with Gasteiger partial charge in [0.05, 0.1) is 12.6 Å². The van der Waals surface area contributed by atoms with Crippen molar-refractivity contribution in [3.63, 3.8) is 0 Å². The van der Waals surface area contributed by atoms with Gasteiger partial charge in [-0.3, -0.25) is 14.4 Å². The molecule has 21 heavy (non-hydrogen) atoms. The number of benzene rings is 1. The predicted molar refractivity (Wildman–Crippen MR) is 76.4 cm³/mol. The maximum atomic E-state index is 11.7. The summed E-state index contributed by atoms with van der Waals surface area (Å²) >= 11 is 0. The Morgan fingerprint density at radius 1 is 1.10 bits per heavy atom. The number of aryl methyl sites for hydroxylation is 1. The topological polar surface area (TPSA) is 122 Å². The van der Waals surface area contributed by atoms with Crippen LogP contribution in [0.15, 0.2) is 30.3 Å². The van der Waals surface area contributed by atoms with E-state index in [0.717, 1.165) is 5.56 Å². The van der Waals surface area contributed by atoms with Gasteiger partial charge in [0.1, 0.15) is 6.54 Å². The van der Waals surface area contributed by atoms with E-state index in [1.807, 2.05) is 30.3 Å². The fourth-order valence-electron chi connectivity index (χ4n) is 1.63. The SMILES string of the molecule is NC(CCc1ccccc1)C(=O)NCC(=O)NCC(=O)O. The number of nitrogens with one attached hydrogen (secondary N) is 2. The van der Waals surface area contributed by atoms with Crippen molar-refractivity contribution in [2.45, 2.75) is 18.9 Å². The van der Waals surface area contributed by atoms with Gasteiger partial charge in [-0.15, -0.1) is 0 Å². The van der Waals surface area contributed by atoms with Gasteiger partial charge in [-0.25, -0.2) is 0 Å². The molecule has 0 aromatic heterocycles. The minimum absolute atomic E-state index is 0.287. The smallest absolute Gasteiger partial charge is 0.322 e. The van der Waals surface area contributed by atoms with E-state index in [2.05, 4.69) is 10.6 Å². The lowest BCUT2D eigenvalue weighted by molar-refractivity contribution is -0.137. The molecule has 0 radical (unpaired) electrons. The number of carbonyl (C=O) groups is 3. The lowest BCUT2D eigenvalue weighted by Gasteiger charge is -2.12. The standard InChI is InChI=1S/C14H19N3O4/c15-11(7-6-10-4-2-1-3-5-10)14(21)17-8-12(18)16-9-13(19)20/h1-5,11H,6-9,15H2,(H,16,18)(H,17,21)(H,19,20). The number of aliphatic carboxylic acids is 1. The van der Waals surface area contributed by atoms with Crippen molar-refractivity contribution in [2.75, 3.05) is 13.1 Å². The number of hydrogen-bond donors (Lipinski definition) is 4. The van der Waals surface area contributed by atoms with Gasteiger partial charge in [0.2, 0.25) is 11.8 Å². The van der Waals surface area contributed by atoms with Gasteiger partial charge in [-0.2, -0.15) is 0 Å². The van der Waals surface area contributed by atoms with E-state index in [1.54, 1.807) is 0 Å². The Bertz CT molecular complexity index is 490. The van der Waals surface area contributed by atoms with Crippen LogP contribution < -0.4 is 16.4 Å². The van der Waals surface area contributed by atoms with Gasteiger partial charge in [0.25, 0.3) is 0 Å². The average Bonchev–Trinajstić information content (AvgIpc) is 2.49. The lowest BCUT2D eigenvalue weighted by atomic mass is 10.1. The number of amides is 2. The van der Waals surface area contributed by atoms with Crippen LogP contribution in [0.1, 0.15) is 12.0 Å². The first-order valence-corrected chi connectivity index (χ1v) is 6.54. The largest absolute Gasteiger partial charge is 0.480 e. The summed E-state index contributed by atoms with van der Waals surface area (Å²) in [5, 5.41) is 12.9. The third kappa shape index (κ3) is 7.07. The highest BCUT2D eigenvalue weighted by Crippen LogP contribution is 2.03. The molecule has 0 heterocycles. The second-order valence-corrected chi connectivity index (χ2v) is 4.52. The molecule has 114 valence electrons. The number of carboxylic acids is 1. The molecule has 2 amide bonds. The van der Waals surface area contributed by atoms with Crippen molar-refractivity contribution >= 4 is 17.8 Å². The van der Waals surface area contributed by atoms with Gasteiger partial charge >= 0.3 is 5.97 Å². The molecule has 0 saturated heterocycles. The summed E-state index contributed by atoms with van der Waals surface area (Å²) in [7, 11) is 0. The highest BCUT2D eigenvalue weighted by atomic mass is 16.4. The molecule has 0 spiro atoms. The second kappa shape index (κ2) is 8.70. The highest BCUT2D eigenvalue weighted by Gasteiger charge is 2.14. The van der Waals surface area contributed by atoms with Crippen LogP contribution in [0, 0.1) is 0 Å². The van der Waals surface area contributed by atoms with Crippen LogP contribution >= 0.6 is 0 Å². The second-order valence-electron chi connectivity index (χ2n) is 4.52. The van der Waals surface area contributed by atoms with Crippen LogP contribution in [0.3, 0.4) is 0 Å². The third-order valence-corrected chi connectivity index (χ3v) is 2.78. The van der Waals surface area contributed by atoms with Crippen molar-refractivity contribution in [3.8, 4) is 0 Å². The Balaban J connectivity index is 2.25. The normalized spacial score (nSPS) is 11.5. The molecule has 0 aliphatic carbocycles. The van der Waals surface area contributed by atoms with Gasteiger partial charge < -0.3 is 21.5 Å². The number of carboxylic acid groups (broad SMARTS) is 1. The molecule has 0 bridgehead atoms. The van der Waals surface area contributed by atoms with Gasteiger partial charge in [0.15, 0.2) is 0 Å². The Morgan fingerprint density at radius 3 is 2.38 bits per heavy atom. The number of nitrogens with two attached hydrogens (primary N) is 1. The van der Waals surface area contributed by atoms with E-state index in [9.17, 15) is 14.4 Å². The molecule has 7 nitrogen and oxygen atoms in total. The zero-order chi connectivity index (χ0) is 15.7. The van der Waals surface area contributed by atoms with Crippen LogP contribution in [-0.2, 0) is 20.8 Å². The molecule has 1 aromatic carbocycles. The summed E-state index contributed by atoms with van der Waals surface area (Å²) in [6.07, 6.45) is 1.13. The molecule has 1 atom stereocenters. The van der Waals surface area contributed by atoms with E-state index in [0.29, 0.717) is 12.8 Å². The third-order valence-electron chi connectivity index (χ3n) is 2.78. The van der Waals surface area contributed by atoms with Gasteiger partial charge in [-0.05, 0) is 18.4 Å². The molecule has 0 fully saturated rings. The fourth-order valence-corrected chi connectivity index (χ4v) is 1.63. The van der Waals surface area contributed by atoms with E-state index < -0.39 is 30.4 Å². The zero-order valence-corrected chi connectivity index (χ0v) is 11.5. The van der Waals surface area contributed by atoms with Crippen LogP contribution in [0.25, 0.3) is 0 Å².